The normalized spacial score (nSPS) is 12.1. The summed E-state index contributed by atoms with van der Waals surface area (Å²) in [5.41, 5.74) is 0.543. The van der Waals surface area contributed by atoms with E-state index in [1.165, 1.54) is 6.07 Å². The first-order chi connectivity index (χ1) is 10.2. The molecule has 1 heterocycles. The topological polar surface area (TPSA) is 51.5 Å². The predicted molar refractivity (Wildman–Crippen MR) is 76.2 cm³/mol. The molecule has 0 fully saturated rings. The van der Waals surface area contributed by atoms with Gasteiger partial charge in [-0.25, -0.2) is 4.39 Å². The van der Waals surface area contributed by atoms with Crippen molar-refractivity contribution >= 4 is 5.91 Å². The molecule has 0 aliphatic carbocycles. The Morgan fingerprint density at radius 1 is 1.33 bits per heavy atom. The minimum Gasteiger partial charge on any atom is -0.467 e. The summed E-state index contributed by atoms with van der Waals surface area (Å²) >= 11 is 0. The number of hydrogen-bond acceptors (Lipinski definition) is 3. The largest absolute Gasteiger partial charge is 0.467 e. The highest BCUT2D eigenvalue weighted by Crippen LogP contribution is 2.16. The van der Waals surface area contributed by atoms with Crippen molar-refractivity contribution in [3.8, 4) is 0 Å². The maximum atomic E-state index is 13.4. The summed E-state index contributed by atoms with van der Waals surface area (Å²) in [5.74, 6) is 0.231. The van der Waals surface area contributed by atoms with Crippen LogP contribution in [0.4, 0.5) is 4.39 Å². The summed E-state index contributed by atoms with van der Waals surface area (Å²) < 4.78 is 23.9. The maximum Gasteiger partial charge on any atom is 0.220 e. The molecule has 0 saturated heterocycles. The Balaban J connectivity index is 1.78. The molecule has 2 aromatic rings. The first kappa shape index (κ1) is 15.3. The number of furan rings is 1. The van der Waals surface area contributed by atoms with Crippen molar-refractivity contribution in [1.29, 1.82) is 0 Å². The zero-order chi connectivity index (χ0) is 15.1. The monoisotopic (exact) mass is 291 g/mol. The molecule has 112 valence electrons. The van der Waals surface area contributed by atoms with Gasteiger partial charge in [0.25, 0.3) is 0 Å². The predicted octanol–water partition coefficient (Wildman–Crippen LogP) is 2.86. The SMILES string of the molecule is CO[C@H](CNC(=O)CCc1ccccc1F)c1ccco1. The molecule has 1 aromatic heterocycles. The second-order valence-corrected chi connectivity index (χ2v) is 4.64. The van der Waals surface area contributed by atoms with Gasteiger partial charge in [0.05, 0.1) is 12.8 Å². The van der Waals surface area contributed by atoms with Crippen molar-refractivity contribution in [2.24, 2.45) is 0 Å². The standard InChI is InChI=1S/C16H18FNO3/c1-20-15(14-7-4-10-21-14)11-18-16(19)9-8-12-5-2-3-6-13(12)17/h2-7,10,15H,8-9,11H2,1H3,(H,18,19)/t15-/m1/s1. The second-order valence-electron chi connectivity index (χ2n) is 4.64. The van der Waals surface area contributed by atoms with Gasteiger partial charge in [-0.2, -0.15) is 0 Å². The first-order valence-electron chi connectivity index (χ1n) is 6.77. The highest BCUT2D eigenvalue weighted by Gasteiger charge is 2.14. The van der Waals surface area contributed by atoms with Crippen LogP contribution >= 0.6 is 0 Å². The average Bonchev–Trinajstić information content (AvgIpc) is 3.01. The maximum absolute atomic E-state index is 13.4. The van der Waals surface area contributed by atoms with Gasteiger partial charge >= 0.3 is 0 Å². The van der Waals surface area contributed by atoms with Crippen LogP contribution < -0.4 is 5.32 Å². The number of nitrogens with one attached hydrogen (secondary N) is 1. The second kappa shape index (κ2) is 7.59. The summed E-state index contributed by atoms with van der Waals surface area (Å²) in [5, 5.41) is 2.77. The Labute approximate surface area is 122 Å². The molecule has 1 N–H and O–H groups in total. The number of ether oxygens (including phenoxy) is 1. The Morgan fingerprint density at radius 2 is 2.14 bits per heavy atom. The first-order valence-corrected chi connectivity index (χ1v) is 6.77. The van der Waals surface area contributed by atoms with Crippen molar-refractivity contribution < 1.29 is 18.3 Å². The Hall–Kier alpha value is -2.14. The molecule has 1 atom stereocenters. The van der Waals surface area contributed by atoms with Crippen LogP contribution in [0.25, 0.3) is 0 Å². The number of carbonyl (C=O) groups excluding carboxylic acids is 1. The van der Waals surface area contributed by atoms with Crippen LogP contribution in [0.1, 0.15) is 23.8 Å². The fourth-order valence-electron chi connectivity index (χ4n) is 2.02. The molecule has 2 rings (SSSR count). The number of halogens is 1. The molecule has 5 heteroatoms. The van der Waals surface area contributed by atoms with Crippen LogP contribution in [0.15, 0.2) is 47.1 Å². The number of benzene rings is 1. The van der Waals surface area contributed by atoms with Crippen molar-refractivity contribution in [3.63, 3.8) is 0 Å². The molecule has 0 aliphatic rings. The highest BCUT2D eigenvalue weighted by atomic mass is 19.1. The molecule has 4 nitrogen and oxygen atoms in total. The Morgan fingerprint density at radius 3 is 2.81 bits per heavy atom. The van der Waals surface area contributed by atoms with Crippen LogP contribution in [0.2, 0.25) is 0 Å². The summed E-state index contributed by atoms with van der Waals surface area (Å²) in [4.78, 5) is 11.8. The molecule has 0 saturated carbocycles. The molecule has 0 bridgehead atoms. The molecule has 0 spiro atoms. The third-order valence-corrected chi connectivity index (χ3v) is 3.21. The van der Waals surface area contributed by atoms with E-state index < -0.39 is 0 Å². The van der Waals surface area contributed by atoms with Gasteiger partial charge in [0.2, 0.25) is 5.91 Å². The fraction of sp³-hybridized carbons (Fsp3) is 0.312. The molecule has 1 amide bonds. The average molecular weight is 291 g/mol. The van der Waals surface area contributed by atoms with Gasteiger partial charge in [-0.3, -0.25) is 4.79 Å². The van der Waals surface area contributed by atoms with E-state index >= 15 is 0 Å². The van der Waals surface area contributed by atoms with Crippen LogP contribution in [0, 0.1) is 5.82 Å². The van der Waals surface area contributed by atoms with E-state index in [1.54, 1.807) is 43.7 Å². The van der Waals surface area contributed by atoms with Crippen LogP contribution in [0.3, 0.4) is 0 Å². The van der Waals surface area contributed by atoms with E-state index in [9.17, 15) is 9.18 Å². The van der Waals surface area contributed by atoms with Gasteiger partial charge in [0.1, 0.15) is 17.7 Å². The lowest BCUT2D eigenvalue weighted by molar-refractivity contribution is -0.121. The van der Waals surface area contributed by atoms with Crippen LogP contribution in [-0.4, -0.2) is 19.6 Å². The van der Waals surface area contributed by atoms with Gasteiger partial charge in [0, 0.05) is 13.5 Å². The number of aryl methyl sites for hydroxylation is 1. The smallest absolute Gasteiger partial charge is 0.220 e. The zero-order valence-corrected chi connectivity index (χ0v) is 11.8. The van der Waals surface area contributed by atoms with Crippen molar-refractivity contribution in [3.05, 3.63) is 59.8 Å². The van der Waals surface area contributed by atoms with E-state index in [2.05, 4.69) is 5.32 Å². The third kappa shape index (κ3) is 4.43. The summed E-state index contributed by atoms with van der Waals surface area (Å²) in [6.07, 6.45) is 1.84. The number of rotatable bonds is 7. The van der Waals surface area contributed by atoms with Gasteiger partial charge in [-0.1, -0.05) is 18.2 Å². The Kier molecular flexibility index (Phi) is 5.51. The molecule has 21 heavy (non-hydrogen) atoms. The summed E-state index contributed by atoms with van der Waals surface area (Å²) in [6, 6.07) is 10.0. The molecular formula is C16H18FNO3. The van der Waals surface area contributed by atoms with Gasteiger partial charge in [-0.05, 0) is 30.2 Å². The lowest BCUT2D eigenvalue weighted by Crippen LogP contribution is -2.29. The lowest BCUT2D eigenvalue weighted by Gasteiger charge is -2.13. The third-order valence-electron chi connectivity index (χ3n) is 3.21. The van der Waals surface area contributed by atoms with E-state index in [0.29, 0.717) is 24.3 Å². The zero-order valence-electron chi connectivity index (χ0n) is 11.8. The van der Waals surface area contributed by atoms with E-state index in [4.69, 9.17) is 9.15 Å². The molecule has 0 radical (unpaired) electrons. The number of hydrogen-bond donors (Lipinski definition) is 1. The molecule has 0 aliphatic heterocycles. The van der Waals surface area contributed by atoms with Crippen LogP contribution in [0.5, 0.6) is 0 Å². The minimum absolute atomic E-state index is 0.146. The Bertz CT molecular complexity index is 569. The van der Waals surface area contributed by atoms with Gasteiger partial charge in [0.15, 0.2) is 0 Å². The summed E-state index contributed by atoms with van der Waals surface area (Å²) in [7, 11) is 1.55. The van der Waals surface area contributed by atoms with Crippen molar-refractivity contribution in [2.75, 3.05) is 13.7 Å². The van der Waals surface area contributed by atoms with Crippen LogP contribution in [-0.2, 0) is 16.0 Å². The number of carbonyl (C=O) groups is 1. The van der Waals surface area contributed by atoms with E-state index in [-0.39, 0.29) is 24.2 Å². The van der Waals surface area contributed by atoms with Gasteiger partial charge in [-0.15, -0.1) is 0 Å². The molecule has 1 aromatic carbocycles. The molecular weight excluding hydrogens is 273 g/mol. The van der Waals surface area contributed by atoms with Crippen molar-refractivity contribution in [1.82, 2.24) is 5.32 Å². The lowest BCUT2D eigenvalue weighted by atomic mass is 10.1. The highest BCUT2D eigenvalue weighted by molar-refractivity contribution is 5.76. The minimum atomic E-state index is -0.322. The van der Waals surface area contributed by atoms with Crippen molar-refractivity contribution in [2.45, 2.75) is 18.9 Å². The number of methoxy groups -OCH3 is 1. The summed E-state index contributed by atoms with van der Waals surface area (Å²) in [6.45, 7) is 0.320. The van der Waals surface area contributed by atoms with Gasteiger partial charge < -0.3 is 14.5 Å². The fourth-order valence-corrected chi connectivity index (χ4v) is 2.02. The molecule has 0 unspecified atom stereocenters. The quantitative estimate of drug-likeness (QED) is 0.853. The number of amides is 1. The van der Waals surface area contributed by atoms with E-state index in [0.717, 1.165) is 0 Å². The van der Waals surface area contributed by atoms with E-state index in [1.807, 2.05) is 0 Å².